The van der Waals surface area contributed by atoms with Crippen molar-refractivity contribution >= 4 is 16.9 Å². The van der Waals surface area contributed by atoms with Crippen molar-refractivity contribution in [2.24, 2.45) is 0 Å². The first-order valence-electron chi connectivity index (χ1n) is 5.14. The first kappa shape index (κ1) is 11.1. The largest absolute Gasteiger partial charge is 0.307 e. The Morgan fingerprint density at radius 2 is 2.15 bits per heavy atom. The molecular weight excluding hydrogens is 182 g/mol. The molecular formula is C10H19NOS. The van der Waals surface area contributed by atoms with Crippen LogP contribution in [0.25, 0.3) is 0 Å². The van der Waals surface area contributed by atoms with E-state index in [1.807, 2.05) is 0 Å². The van der Waals surface area contributed by atoms with Gasteiger partial charge in [-0.25, -0.2) is 0 Å². The number of thioether (sulfide) groups is 1. The molecule has 0 aliphatic carbocycles. The molecule has 1 aliphatic rings. The predicted molar refractivity (Wildman–Crippen MR) is 58.0 cm³/mol. The van der Waals surface area contributed by atoms with E-state index >= 15 is 0 Å². The Kier molecular flexibility index (Phi) is 4.81. The predicted octanol–water partition coefficient (Wildman–Crippen LogP) is 2.19. The van der Waals surface area contributed by atoms with Gasteiger partial charge in [-0.05, 0) is 19.4 Å². The lowest BCUT2D eigenvalue weighted by Gasteiger charge is -2.14. The van der Waals surface area contributed by atoms with Crippen molar-refractivity contribution in [1.29, 1.82) is 0 Å². The molecule has 1 aliphatic heterocycles. The maximum atomic E-state index is 11.7. The monoisotopic (exact) mass is 201 g/mol. The highest BCUT2D eigenvalue weighted by Crippen LogP contribution is 2.18. The molecule has 0 aromatic rings. The number of carbonyl (C=O) groups is 1. The van der Waals surface area contributed by atoms with E-state index in [0.717, 1.165) is 13.0 Å². The van der Waals surface area contributed by atoms with Crippen LogP contribution < -0.4 is 5.32 Å². The number of hydrogen-bond acceptors (Lipinski definition) is 3. The third-order valence-electron chi connectivity index (χ3n) is 2.20. The summed E-state index contributed by atoms with van der Waals surface area (Å²) in [5.41, 5.74) is 0. The van der Waals surface area contributed by atoms with E-state index in [0.29, 0.717) is 10.4 Å². The fraction of sp³-hybridized carbons (Fsp3) is 0.900. The minimum Gasteiger partial charge on any atom is -0.307 e. The molecule has 0 bridgehead atoms. The van der Waals surface area contributed by atoms with Crippen LogP contribution in [0, 0.1) is 0 Å². The molecule has 0 saturated carbocycles. The summed E-state index contributed by atoms with van der Waals surface area (Å²) in [7, 11) is 0. The standard InChI is InChI=1S/C10H19NOS/c1-8(2)13-10(12)9-6-4-3-5-7-11-9/h8-9,11H,3-7H2,1-2H3. The number of hydrogen-bond donors (Lipinski definition) is 1. The second-order valence-electron chi connectivity index (χ2n) is 3.84. The van der Waals surface area contributed by atoms with Gasteiger partial charge in [0, 0.05) is 5.25 Å². The van der Waals surface area contributed by atoms with Crippen LogP contribution in [0.2, 0.25) is 0 Å². The summed E-state index contributed by atoms with van der Waals surface area (Å²) in [5, 5.41) is 4.06. The Hall–Kier alpha value is -0.0200. The minimum absolute atomic E-state index is 0.120. The van der Waals surface area contributed by atoms with Crippen molar-refractivity contribution in [3.05, 3.63) is 0 Å². The highest BCUT2D eigenvalue weighted by molar-refractivity contribution is 8.14. The summed E-state index contributed by atoms with van der Waals surface area (Å²) < 4.78 is 0. The van der Waals surface area contributed by atoms with Gasteiger partial charge >= 0.3 is 0 Å². The molecule has 13 heavy (non-hydrogen) atoms. The molecule has 0 spiro atoms. The Morgan fingerprint density at radius 1 is 1.38 bits per heavy atom. The molecule has 1 rings (SSSR count). The van der Waals surface area contributed by atoms with Gasteiger partial charge in [-0.2, -0.15) is 0 Å². The van der Waals surface area contributed by atoms with Crippen molar-refractivity contribution in [1.82, 2.24) is 5.32 Å². The Balaban J connectivity index is 2.35. The number of rotatable bonds is 2. The minimum atomic E-state index is 0.120. The summed E-state index contributed by atoms with van der Waals surface area (Å²) in [6.07, 6.45) is 4.71. The first-order chi connectivity index (χ1) is 6.20. The summed E-state index contributed by atoms with van der Waals surface area (Å²) in [6, 6.07) is 0.120. The molecule has 0 radical (unpaired) electrons. The number of nitrogens with one attached hydrogen (secondary N) is 1. The van der Waals surface area contributed by atoms with Crippen molar-refractivity contribution in [2.45, 2.75) is 50.8 Å². The lowest BCUT2D eigenvalue weighted by atomic mass is 10.1. The molecule has 3 heteroatoms. The zero-order valence-electron chi connectivity index (χ0n) is 8.51. The number of carbonyl (C=O) groups excluding carboxylic acids is 1. The Bertz CT molecular complexity index is 162. The average Bonchev–Trinajstić information content (AvgIpc) is 2.29. The van der Waals surface area contributed by atoms with Gasteiger partial charge < -0.3 is 5.32 Å². The fourth-order valence-electron chi connectivity index (χ4n) is 1.54. The van der Waals surface area contributed by atoms with Crippen molar-refractivity contribution in [3.63, 3.8) is 0 Å². The van der Waals surface area contributed by atoms with Crippen LogP contribution in [0.15, 0.2) is 0 Å². The van der Waals surface area contributed by atoms with Crippen molar-refractivity contribution < 1.29 is 4.79 Å². The molecule has 0 aromatic carbocycles. The molecule has 1 fully saturated rings. The Morgan fingerprint density at radius 3 is 2.85 bits per heavy atom. The zero-order valence-corrected chi connectivity index (χ0v) is 9.32. The molecule has 1 heterocycles. The summed E-state index contributed by atoms with van der Waals surface area (Å²) in [5.74, 6) is 0. The van der Waals surface area contributed by atoms with Gasteiger partial charge in [-0.15, -0.1) is 0 Å². The zero-order chi connectivity index (χ0) is 9.68. The maximum Gasteiger partial charge on any atom is 0.206 e. The van der Waals surface area contributed by atoms with E-state index in [-0.39, 0.29) is 6.04 Å². The van der Waals surface area contributed by atoms with Crippen LogP contribution in [0.4, 0.5) is 0 Å². The normalized spacial score (nSPS) is 24.4. The second-order valence-corrected chi connectivity index (χ2v) is 5.42. The van der Waals surface area contributed by atoms with Gasteiger partial charge in [0.05, 0.1) is 6.04 Å². The van der Waals surface area contributed by atoms with E-state index in [1.54, 1.807) is 0 Å². The van der Waals surface area contributed by atoms with E-state index in [1.165, 1.54) is 31.0 Å². The van der Waals surface area contributed by atoms with Crippen LogP contribution in [-0.4, -0.2) is 23.0 Å². The van der Waals surface area contributed by atoms with Gasteiger partial charge in [0.25, 0.3) is 0 Å². The maximum absolute atomic E-state index is 11.7. The molecule has 1 N–H and O–H groups in total. The second kappa shape index (κ2) is 5.66. The van der Waals surface area contributed by atoms with E-state index < -0.39 is 0 Å². The SMILES string of the molecule is CC(C)SC(=O)C1CCCCCN1. The molecule has 0 aromatic heterocycles. The smallest absolute Gasteiger partial charge is 0.206 e. The molecule has 0 amide bonds. The summed E-state index contributed by atoms with van der Waals surface area (Å²) >= 11 is 1.47. The van der Waals surface area contributed by atoms with Gasteiger partial charge in [0.1, 0.15) is 0 Å². The molecule has 1 unspecified atom stereocenters. The summed E-state index contributed by atoms with van der Waals surface area (Å²) in [4.78, 5) is 11.7. The first-order valence-corrected chi connectivity index (χ1v) is 6.02. The van der Waals surface area contributed by atoms with Gasteiger partial charge in [0.15, 0.2) is 0 Å². The van der Waals surface area contributed by atoms with Crippen LogP contribution in [0.1, 0.15) is 39.5 Å². The van der Waals surface area contributed by atoms with Gasteiger partial charge in [-0.1, -0.05) is 38.5 Å². The molecule has 2 nitrogen and oxygen atoms in total. The van der Waals surface area contributed by atoms with Gasteiger partial charge in [0.2, 0.25) is 5.12 Å². The molecule has 1 atom stereocenters. The molecule has 76 valence electrons. The van der Waals surface area contributed by atoms with E-state index in [9.17, 15) is 4.79 Å². The van der Waals surface area contributed by atoms with Crippen LogP contribution in [-0.2, 0) is 4.79 Å². The van der Waals surface area contributed by atoms with Crippen molar-refractivity contribution in [2.75, 3.05) is 6.54 Å². The van der Waals surface area contributed by atoms with Crippen LogP contribution in [0.5, 0.6) is 0 Å². The molecule has 1 saturated heterocycles. The highest BCUT2D eigenvalue weighted by atomic mass is 32.2. The highest BCUT2D eigenvalue weighted by Gasteiger charge is 2.20. The lowest BCUT2D eigenvalue weighted by molar-refractivity contribution is -0.112. The lowest BCUT2D eigenvalue weighted by Crippen LogP contribution is -2.34. The van der Waals surface area contributed by atoms with Crippen molar-refractivity contribution in [3.8, 4) is 0 Å². The van der Waals surface area contributed by atoms with E-state index in [4.69, 9.17) is 0 Å². The van der Waals surface area contributed by atoms with E-state index in [2.05, 4.69) is 19.2 Å². The third-order valence-corrected chi connectivity index (χ3v) is 3.18. The summed E-state index contributed by atoms with van der Waals surface area (Å²) in [6.45, 7) is 5.15. The topological polar surface area (TPSA) is 29.1 Å². The quantitative estimate of drug-likeness (QED) is 0.742. The van der Waals surface area contributed by atoms with Crippen LogP contribution in [0.3, 0.4) is 0 Å². The van der Waals surface area contributed by atoms with Crippen LogP contribution >= 0.6 is 11.8 Å². The fourth-order valence-corrected chi connectivity index (χ4v) is 2.37. The Labute approximate surface area is 84.9 Å². The third kappa shape index (κ3) is 4.14. The van der Waals surface area contributed by atoms with Gasteiger partial charge in [-0.3, -0.25) is 4.79 Å². The average molecular weight is 201 g/mol.